The zero-order valence-electron chi connectivity index (χ0n) is 9.82. The van der Waals surface area contributed by atoms with Crippen LogP contribution in [0.15, 0.2) is 28.7 Å². The van der Waals surface area contributed by atoms with Crippen molar-refractivity contribution in [1.82, 2.24) is 9.97 Å². The van der Waals surface area contributed by atoms with Crippen molar-refractivity contribution in [2.45, 2.75) is 6.92 Å². The summed E-state index contributed by atoms with van der Waals surface area (Å²) in [5.74, 6) is -0.810. The smallest absolute Gasteiger partial charge is 0.354 e. The molecule has 0 spiro atoms. The van der Waals surface area contributed by atoms with Crippen molar-refractivity contribution in [1.29, 1.82) is 0 Å². The van der Waals surface area contributed by atoms with Crippen molar-refractivity contribution in [2.24, 2.45) is 0 Å². The Bertz CT molecular complexity index is 649. The maximum Gasteiger partial charge on any atom is 0.354 e. The van der Waals surface area contributed by atoms with Crippen LogP contribution >= 0.6 is 38.5 Å². The van der Waals surface area contributed by atoms with E-state index in [4.69, 9.17) is 5.11 Å². The number of carboxylic acids is 1. The number of nitrogens with one attached hydrogen (secondary N) is 1. The molecule has 2 rings (SSSR count). The number of hydrogen-bond acceptors (Lipinski definition) is 4. The van der Waals surface area contributed by atoms with Crippen LogP contribution in [0.1, 0.15) is 16.2 Å². The van der Waals surface area contributed by atoms with Gasteiger partial charge in [-0.2, -0.15) is 0 Å². The fourth-order valence-corrected chi connectivity index (χ4v) is 2.28. The Labute approximate surface area is 131 Å². The summed E-state index contributed by atoms with van der Waals surface area (Å²) in [7, 11) is 0. The number of halogens is 2. The summed E-state index contributed by atoms with van der Waals surface area (Å²) in [6, 6.07) is 7.20. The van der Waals surface area contributed by atoms with Gasteiger partial charge in [-0.1, -0.05) is 0 Å². The number of carbonyl (C=O) groups is 1. The van der Waals surface area contributed by atoms with Crippen LogP contribution in [0, 0.1) is 10.5 Å². The number of nitrogens with zero attached hydrogens (tertiary/aromatic N) is 2. The summed E-state index contributed by atoms with van der Waals surface area (Å²) in [5, 5.41) is 12.0. The highest BCUT2D eigenvalue weighted by atomic mass is 127. The quantitative estimate of drug-likeness (QED) is 0.723. The van der Waals surface area contributed by atoms with Gasteiger partial charge in [0.2, 0.25) is 5.95 Å². The highest BCUT2D eigenvalue weighted by molar-refractivity contribution is 14.1. The first-order valence-electron chi connectivity index (χ1n) is 5.27. The zero-order chi connectivity index (χ0) is 14.0. The summed E-state index contributed by atoms with van der Waals surface area (Å²) >= 11 is 5.61. The second-order valence-corrected chi connectivity index (χ2v) is 5.87. The first-order chi connectivity index (χ1) is 8.95. The largest absolute Gasteiger partial charge is 0.477 e. The summed E-state index contributed by atoms with van der Waals surface area (Å²) in [6.45, 7) is 1.73. The van der Waals surface area contributed by atoms with E-state index in [1.807, 2.05) is 18.2 Å². The van der Waals surface area contributed by atoms with Crippen LogP contribution in [0.5, 0.6) is 0 Å². The number of rotatable bonds is 3. The molecule has 0 unspecified atom stereocenters. The fraction of sp³-hybridized carbons (Fsp3) is 0.0833. The molecule has 19 heavy (non-hydrogen) atoms. The lowest BCUT2D eigenvalue weighted by Crippen LogP contribution is -2.06. The van der Waals surface area contributed by atoms with Crippen molar-refractivity contribution in [2.75, 3.05) is 5.32 Å². The Morgan fingerprint density at radius 2 is 2.11 bits per heavy atom. The molecule has 1 aromatic heterocycles. The molecular weight excluding hydrogens is 425 g/mol. The van der Waals surface area contributed by atoms with Crippen LogP contribution in [0.3, 0.4) is 0 Å². The van der Waals surface area contributed by atoms with Gasteiger partial charge >= 0.3 is 5.97 Å². The Balaban J connectivity index is 2.38. The monoisotopic (exact) mass is 433 g/mol. The van der Waals surface area contributed by atoms with E-state index in [0.29, 0.717) is 5.69 Å². The van der Waals surface area contributed by atoms with E-state index >= 15 is 0 Å². The Morgan fingerprint density at radius 3 is 2.79 bits per heavy atom. The molecule has 1 aromatic carbocycles. The molecular formula is C12H9BrIN3O2. The molecule has 1 heterocycles. The highest BCUT2D eigenvalue weighted by Gasteiger charge is 2.10. The predicted octanol–water partition coefficient (Wildman–Crippen LogP) is 3.59. The Morgan fingerprint density at radius 1 is 1.37 bits per heavy atom. The van der Waals surface area contributed by atoms with Gasteiger partial charge in [0.25, 0.3) is 0 Å². The number of aromatic nitrogens is 2. The standard InChI is InChI=1S/C12H9BrIN3O2/c1-6-4-10(11(18)19)17-12(15-6)16-9-5-7(14)2-3-8(9)13/h2-5H,1H3,(H,18,19)(H,15,16,17). The Hall–Kier alpha value is -1.22. The normalized spacial score (nSPS) is 10.3. The summed E-state index contributed by atoms with van der Waals surface area (Å²) in [4.78, 5) is 19.1. The van der Waals surface area contributed by atoms with Gasteiger partial charge in [-0.25, -0.2) is 14.8 Å². The van der Waals surface area contributed by atoms with E-state index in [1.54, 1.807) is 6.92 Å². The molecule has 0 aliphatic heterocycles. The molecule has 0 atom stereocenters. The lowest BCUT2D eigenvalue weighted by Gasteiger charge is -2.08. The summed E-state index contributed by atoms with van der Waals surface area (Å²) in [5.41, 5.74) is 1.35. The molecule has 0 fully saturated rings. The molecule has 2 N–H and O–H groups in total. The maximum absolute atomic E-state index is 11.0. The SMILES string of the molecule is Cc1cc(C(=O)O)nc(Nc2cc(I)ccc2Br)n1. The van der Waals surface area contributed by atoms with E-state index < -0.39 is 5.97 Å². The van der Waals surface area contributed by atoms with Gasteiger partial charge in [0.05, 0.1) is 5.69 Å². The van der Waals surface area contributed by atoms with E-state index in [9.17, 15) is 4.79 Å². The molecule has 0 saturated carbocycles. The van der Waals surface area contributed by atoms with Crippen molar-refractivity contribution in [3.63, 3.8) is 0 Å². The second kappa shape index (κ2) is 5.83. The first-order valence-corrected chi connectivity index (χ1v) is 7.14. The minimum Gasteiger partial charge on any atom is -0.477 e. The van der Waals surface area contributed by atoms with Gasteiger partial charge in [0.1, 0.15) is 0 Å². The average molecular weight is 434 g/mol. The van der Waals surface area contributed by atoms with Crippen molar-refractivity contribution >= 4 is 56.1 Å². The zero-order valence-corrected chi connectivity index (χ0v) is 13.6. The second-order valence-electron chi connectivity index (χ2n) is 3.77. The molecule has 0 amide bonds. The van der Waals surface area contributed by atoms with Crippen LogP contribution in [-0.2, 0) is 0 Å². The first kappa shape index (κ1) is 14.2. The Kier molecular flexibility index (Phi) is 4.35. The van der Waals surface area contributed by atoms with E-state index in [1.165, 1.54) is 6.07 Å². The van der Waals surface area contributed by atoms with Gasteiger partial charge in [0, 0.05) is 13.7 Å². The van der Waals surface area contributed by atoms with Gasteiger partial charge in [0.15, 0.2) is 5.69 Å². The number of anilines is 2. The van der Waals surface area contributed by atoms with Crippen LogP contribution in [0.25, 0.3) is 0 Å². The number of aryl methyl sites for hydroxylation is 1. The molecule has 7 heteroatoms. The molecule has 0 aliphatic carbocycles. The third-order valence-corrected chi connectivity index (χ3v) is 3.61. The van der Waals surface area contributed by atoms with Crippen LogP contribution in [0.2, 0.25) is 0 Å². The molecule has 0 bridgehead atoms. The van der Waals surface area contributed by atoms with Crippen LogP contribution in [0.4, 0.5) is 11.6 Å². The predicted molar refractivity (Wildman–Crippen MR) is 83.9 cm³/mol. The number of aromatic carboxylic acids is 1. The molecule has 98 valence electrons. The third kappa shape index (κ3) is 3.63. The van der Waals surface area contributed by atoms with Gasteiger partial charge in [-0.05, 0) is 69.7 Å². The third-order valence-electron chi connectivity index (χ3n) is 2.25. The minimum atomic E-state index is -1.07. The van der Waals surface area contributed by atoms with Gasteiger partial charge in [-0.3, -0.25) is 0 Å². The van der Waals surface area contributed by atoms with Gasteiger partial charge in [-0.15, -0.1) is 0 Å². The average Bonchev–Trinajstić information content (AvgIpc) is 2.33. The van der Waals surface area contributed by atoms with E-state index in [-0.39, 0.29) is 11.6 Å². The lowest BCUT2D eigenvalue weighted by molar-refractivity contribution is 0.0690. The fourth-order valence-electron chi connectivity index (χ4n) is 1.45. The van der Waals surface area contributed by atoms with E-state index in [0.717, 1.165) is 13.7 Å². The van der Waals surface area contributed by atoms with Crippen molar-refractivity contribution in [3.05, 3.63) is 43.7 Å². The number of benzene rings is 1. The molecule has 0 saturated heterocycles. The highest BCUT2D eigenvalue weighted by Crippen LogP contribution is 2.26. The lowest BCUT2D eigenvalue weighted by atomic mass is 10.3. The molecule has 2 aromatic rings. The molecule has 5 nitrogen and oxygen atoms in total. The minimum absolute atomic E-state index is 0.0308. The topological polar surface area (TPSA) is 75.1 Å². The molecule has 0 radical (unpaired) electrons. The maximum atomic E-state index is 11.0. The number of carboxylic acid groups (broad SMARTS) is 1. The van der Waals surface area contributed by atoms with Crippen molar-refractivity contribution < 1.29 is 9.90 Å². The molecule has 0 aliphatic rings. The summed E-state index contributed by atoms with van der Waals surface area (Å²) < 4.78 is 1.91. The summed E-state index contributed by atoms with van der Waals surface area (Å²) in [6.07, 6.45) is 0. The van der Waals surface area contributed by atoms with Crippen LogP contribution < -0.4 is 5.32 Å². The number of hydrogen-bond donors (Lipinski definition) is 2. The van der Waals surface area contributed by atoms with E-state index in [2.05, 4.69) is 53.8 Å². The van der Waals surface area contributed by atoms with Crippen molar-refractivity contribution in [3.8, 4) is 0 Å². The van der Waals surface area contributed by atoms with Crippen LogP contribution in [-0.4, -0.2) is 21.0 Å². The van der Waals surface area contributed by atoms with Gasteiger partial charge < -0.3 is 10.4 Å².